The molecule has 0 atom stereocenters. The van der Waals surface area contributed by atoms with Gasteiger partial charge in [0.05, 0.1) is 7.11 Å². The van der Waals surface area contributed by atoms with Crippen molar-refractivity contribution in [2.24, 2.45) is 7.05 Å². The lowest BCUT2D eigenvalue weighted by Crippen LogP contribution is -1.85. The number of nitrogens with zero attached hydrogens (tertiary/aromatic N) is 2. The van der Waals surface area contributed by atoms with Crippen LogP contribution in [-0.2, 0) is 7.05 Å². The molecule has 0 aliphatic heterocycles. The second-order valence-electron chi connectivity index (χ2n) is 5.03. The van der Waals surface area contributed by atoms with Crippen LogP contribution >= 0.6 is 0 Å². The van der Waals surface area contributed by atoms with Gasteiger partial charge in [0.2, 0.25) is 0 Å². The summed E-state index contributed by atoms with van der Waals surface area (Å²) in [5.74, 6) is 3.61. The molecule has 2 aromatic heterocycles. The van der Waals surface area contributed by atoms with Crippen molar-refractivity contribution >= 4 is 22.6 Å². The minimum absolute atomic E-state index is 0.817. The normalized spacial score (nSPS) is 11.4. The van der Waals surface area contributed by atoms with E-state index >= 15 is 0 Å². The third-order valence-corrected chi connectivity index (χ3v) is 3.64. The fraction of sp³-hybridized carbons (Fsp3) is 0.105. The average molecular weight is 288 g/mol. The highest BCUT2D eigenvalue weighted by molar-refractivity contribution is 6.02. The molecule has 3 rings (SSSR count). The summed E-state index contributed by atoms with van der Waals surface area (Å²) in [6, 6.07) is 9.88. The molecule has 3 heteroatoms. The number of allylic oxidation sites excluding steroid dienone is 1. The molecule has 0 spiro atoms. The van der Waals surface area contributed by atoms with Crippen LogP contribution in [0.15, 0.2) is 48.9 Å². The molecule has 0 radical (unpaired) electrons. The van der Waals surface area contributed by atoms with E-state index in [1.807, 2.05) is 49.7 Å². The summed E-state index contributed by atoms with van der Waals surface area (Å²) in [4.78, 5) is 4.12. The molecule has 0 aliphatic rings. The van der Waals surface area contributed by atoms with E-state index in [9.17, 15) is 0 Å². The number of hydrogen-bond donors (Lipinski definition) is 0. The SMILES string of the molecule is C#C/C(=C\c1cccnc1)c1cn(C)c2ccc(OC)cc12. The zero-order chi connectivity index (χ0) is 15.5. The van der Waals surface area contributed by atoms with Crippen LogP contribution in [0, 0.1) is 12.3 Å². The Morgan fingerprint density at radius 1 is 1.36 bits per heavy atom. The van der Waals surface area contributed by atoms with Crippen LogP contribution in [0.25, 0.3) is 22.6 Å². The van der Waals surface area contributed by atoms with Crippen molar-refractivity contribution in [1.29, 1.82) is 0 Å². The number of hydrogen-bond acceptors (Lipinski definition) is 2. The van der Waals surface area contributed by atoms with Gasteiger partial charge < -0.3 is 9.30 Å². The second-order valence-corrected chi connectivity index (χ2v) is 5.03. The van der Waals surface area contributed by atoms with Gasteiger partial charge in [0.25, 0.3) is 0 Å². The summed E-state index contributed by atoms with van der Waals surface area (Å²) in [6.45, 7) is 0. The lowest BCUT2D eigenvalue weighted by Gasteiger charge is -2.02. The van der Waals surface area contributed by atoms with Crippen LogP contribution < -0.4 is 4.74 Å². The van der Waals surface area contributed by atoms with Gasteiger partial charge in [-0.1, -0.05) is 12.0 Å². The van der Waals surface area contributed by atoms with Crippen molar-refractivity contribution in [3.05, 3.63) is 60.0 Å². The van der Waals surface area contributed by atoms with Crippen LogP contribution in [0.1, 0.15) is 11.1 Å². The number of aryl methyl sites for hydroxylation is 1. The molecular formula is C19H16N2O. The summed E-state index contributed by atoms with van der Waals surface area (Å²) in [6.07, 6.45) is 13.3. The molecule has 108 valence electrons. The van der Waals surface area contributed by atoms with Gasteiger partial charge >= 0.3 is 0 Å². The molecule has 0 amide bonds. The van der Waals surface area contributed by atoms with Crippen LogP contribution in [0.3, 0.4) is 0 Å². The van der Waals surface area contributed by atoms with Gasteiger partial charge in [-0.05, 0) is 35.9 Å². The highest BCUT2D eigenvalue weighted by Crippen LogP contribution is 2.30. The molecule has 0 aliphatic carbocycles. The van der Waals surface area contributed by atoms with E-state index in [0.717, 1.165) is 33.4 Å². The number of terminal acetylenes is 1. The van der Waals surface area contributed by atoms with E-state index < -0.39 is 0 Å². The van der Waals surface area contributed by atoms with E-state index in [0.29, 0.717) is 0 Å². The highest BCUT2D eigenvalue weighted by Gasteiger charge is 2.10. The maximum Gasteiger partial charge on any atom is 0.119 e. The van der Waals surface area contributed by atoms with Gasteiger partial charge in [-0.3, -0.25) is 4.98 Å². The standard InChI is InChI=1S/C19H16N2O/c1-4-15(10-14-6-5-9-20-12-14)18-13-21(2)19-8-7-16(22-3)11-17(18)19/h1,5-13H,2-3H3/b15-10+. The number of fused-ring (bicyclic) bond motifs is 1. The van der Waals surface area contributed by atoms with Gasteiger partial charge in [-0.15, -0.1) is 6.42 Å². The Kier molecular flexibility index (Phi) is 3.67. The predicted molar refractivity (Wildman–Crippen MR) is 90.4 cm³/mol. The Labute approximate surface area is 129 Å². The predicted octanol–water partition coefficient (Wildman–Crippen LogP) is 3.76. The minimum Gasteiger partial charge on any atom is -0.497 e. The van der Waals surface area contributed by atoms with Gasteiger partial charge in [0, 0.05) is 47.7 Å². The van der Waals surface area contributed by atoms with Gasteiger partial charge in [-0.25, -0.2) is 0 Å². The van der Waals surface area contributed by atoms with Crippen molar-refractivity contribution in [3.8, 4) is 18.1 Å². The fourth-order valence-electron chi connectivity index (χ4n) is 2.54. The van der Waals surface area contributed by atoms with Gasteiger partial charge in [-0.2, -0.15) is 0 Å². The monoisotopic (exact) mass is 288 g/mol. The molecule has 22 heavy (non-hydrogen) atoms. The molecule has 0 unspecified atom stereocenters. The van der Waals surface area contributed by atoms with E-state index in [4.69, 9.17) is 11.2 Å². The van der Waals surface area contributed by atoms with E-state index in [-0.39, 0.29) is 0 Å². The van der Waals surface area contributed by atoms with Crippen molar-refractivity contribution < 1.29 is 4.74 Å². The number of methoxy groups -OCH3 is 1. The number of ether oxygens (including phenoxy) is 1. The summed E-state index contributed by atoms with van der Waals surface area (Å²) in [5.41, 5.74) is 3.94. The molecule has 0 saturated carbocycles. The molecule has 0 saturated heterocycles. The Bertz CT molecular complexity index is 883. The maximum absolute atomic E-state index is 5.74. The van der Waals surface area contributed by atoms with E-state index in [1.165, 1.54) is 0 Å². The average Bonchev–Trinajstić information content (AvgIpc) is 2.89. The van der Waals surface area contributed by atoms with Crippen molar-refractivity contribution in [3.63, 3.8) is 0 Å². The fourth-order valence-corrected chi connectivity index (χ4v) is 2.54. The van der Waals surface area contributed by atoms with Crippen molar-refractivity contribution in [2.75, 3.05) is 7.11 Å². The van der Waals surface area contributed by atoms with Crippen LogP contribution in [0.5, 0.6) is 5.75 Å². The summed E-state index contributed by atoms with van der Waals surface area (Å²) in [7, 11) is 3.67. The second kappa shape index (κ2) is 5.79. The molecule has 3 nitrogen and oxygen atoms in total. The number of pyridine rings is 1. The van der Waals surface area contributed by atoms with Gasteiger partial charge in [0.1, 0.15) is 5.75 Å². The molecular weight excluding hydrogens is 272 g/mol. The molecule has 0 N–H and O–H groups in total. The van der Waals surface area contributed by atoms with Crippen molar-refractivity contribution in [2.45, 2.75) is 0 Å². The summed E-state index contributed by atoms with van der Waals surface area (Å²) < 4.78 is 7.40. The molecule has 0 fully saturated rings. The minimum atomic E-state index is 0.817. The van der Waals surface area contributed by atoms with Crippen LogP contribution in [-0.4, -0.2) is 16.7 Å². The largest absolute Gasteiger partial charge is 0.497 e. The third kappa shape index (κ3) is 2.47. The maximum atomic E-state index is 5.74. The lowest BCUT2D eigenvalue weighted by atomic mass is 10.0. The first kappa shape index (κ1) is 14.0. The Hall–Kier alpha value is -2.99. The van der Waals surface area contributed by atoms with E-state index in [2.05, 4.69) is 15.5 Å². The van der Waals surface area contributed by atoms with Crippen molar-refractivity contribution in [1.82, 2.24) is 9.55 Å². The van der Waals surface area contributed by atoms with E-state index in [1.54, 1.807) is 19.5 Å². The summed E-state index contributed by atoms with van der Waals surface area (Å²) in [5, 5.41) is 1.08. The number of benzene rings is 1. The lowest BCUT2D eigenvalue weighted by molar-refractivity contribution is 0.415. The number of rotatable bonds is 3. The zero-order valence-electron chi connectivity index (χ0n) is 12.6. The molecule has 1 aromatic carbocycles. The highest BCUT2D eigenvalue weighted by atomic mass is 16.5. The summed E-state index contributed by atoms with van der Waals surface area (Å²) >= 11 is 0. The first-order valence-electron chi connectivity index (χ1n) is 6.94. The first-order chi connectivity index (χ1) is 10.7. The Balaban J connectivity index is 2.19. The van der Waals surface area contributed by atoms with Crippen LogP contribution in [0.4, 0.5) is 0 Å². The smallest absolute Gasteiger partial charge is 0.119 e. The zero-order valence-corrected chi connectivity index (χ0v) is 12.6. The number of aromatic nitrogens is 2. The molecule has 2 heterocycles. The molecule has 0 bridgehead atoms. The topological polar surface area (TPSA) is 27.1 Å². The van der Waals surface area contributed by atoms with Gasteiger partial charge in [0.15, 0.2) is 0 Å². The first-order valence-corrected chi connectivity index (χ1v) is 6.94. The Morgan fingerprint density at radius 3 is 2.91 bits per heavy atom. The Morgan fingerprint density at radius 2 is 2.23 bits per heavy atom. The quantitative estimate of drug-likeness (QED) is 0.686. The molecule has 3 aromatic rings. The van der Waals surface area contributed by atoms with Crippen LogP contribution in [0.2, 0.25) is 0 Å². The third-order valence-electron chi connectivity index (χ3n) is 3.64.